The van der Waals surface area contributed by atoms with Crippen LogP contribution < -0.4 is 5.32 Å². The topological polar surface area (TPSA) is 24.4 Å². The fourth-order valence-corrected chi connectivity index (χ4v) is 5.51. The molecule has 4 unspecified atom stereocenters. The van der Waals surface area contributed by atoms with E-state index >= 15 is 0 Å². The summed E-state index contributed by atoms with van der Waals surface area (Å²) in [6, 6.07) is 0.495. The fraction of sp³-hybridized carbons (Fsp3) is 0.824. The lowest BCUT2D eigenvalue weighted by Gasteiger charge is -2.41. The molecule has 3 aliphatic heterocycles. The second-order valence-electron chi connectivity index (χ2n) is 8.11. The van der Waals surface area contributed by atoms with Crippen molar-refractivity contribution in [3.63, 3.8) is 0 Å². The molecule has 2 aliphatic carbocycles. The molecule has 5 rings (SSSR count). The van der Waals surface area contributed by atoms with Crippen molar-refractivity contribution in [3.8, 4) is 0 Å². The standard InChI is InChI=1S/C17H26N2/c1-9-5-6-11-14(9)15-12-7-13(18-12)19-16(15)10(2)8-17(11,3)4/h9-11,14,16H,5-8H2,1-4H3,(H,18,19)/t9-,10?,11?,14?,16?/m1/s1. The van der Waals surface area contributed by atoms with Crippen LogP contribution in [0, 0.1) is 29.1 Å². The van der Waals surface area contributed by atoms with Crippen LogP contribution in [0.3, 0.4) is 0 Å². The van der Waals surface area contributed by atoms with Gasteiger partial charge in [0, 0.05) is 12.1 Å². The smallest absolute Gasteiger partial charge is 0.107 e. The summed E-state index contributed by atoms with van der Waals surface area (Å²) in [6.45, 7) is 9.91. The highest BCUT2D eigenvalue weighted by atomic mass is 15.1. The third-order valence-corrected chi connectivity index (χ3v) is 6.33. The zero-order chi connectivity index (χ0) is 13.4. The van der Waals surface area contributed by atoms with Crippen LogP contribution in [0.1, 0.15) is 53.4 Å². The van der Waals surface area contributed by atoms with E-state index in [1.165, 1.54) is 25.1 Å². The molecule has 2 heteroatoms. The molecule has 5 aliphatic rings. The molecular weight excluding hydrogens is 232 g/mol. The van der Waals surface area contributed by atoms with Crippen molar-refractivity contribution in [2.24, 2.45) is 34.1 Å². The number of aliphatic imine (C=N–C) groups is 1. The Bertz CT molecular complexity index is 475. The van der Waals surface area contributed by atoms with E-state index in [4.69, 9.17) is 4.99 Å². The number of nitrogens with zero attached hydrogens (tertiary/aromatic N) is 1. The molecule has 5 atom stereocenters. The molecule has 104 valence electrons. The first kappa shape index (κ1) is 12.0. The molecule has 2 saturated carbocycles. The molecule has 0 aromatic rings. The average Bonchev–Trinajstić information content (AvgIpc) is 2.65. The molecule has 1 saturated heterocycles. The number of amidine groups is 1. The van der Waals surface area contributed by atoms with Crippen LogP contribution in [0.15, 0.2) is 16.3 Å². The highest BCUT2D eigenvalue weighted by Crippen LogP contribution is 2.58. The molecule has 2 bridgehead atoms. The quantitative estimate of drug-likeness (QED) is 0.703. The SMILES string of the molecule is CC1CC(C)(C)C2CC[C@@H](C)C2C2=C3CC(=NC21)N3. The van der Waals surface area contributed by atoms with Crippen molar-refractivity contribution >= 4 is 5.84 Å². The summed E-state index contributed by atoms with van der Waals surface area (Å²) in [5.41, 5.74) is 3.73. The van der Waals surface area contributed by atoms with Crippen molar-refractivity contribution in [1.82, 2.24) is 5.32 Å². The van der Waals surface area contributed by atoms with Gasteiger partial charge in [-0.05, 0) is 53.9 Å². The molecule has 0 radical (unpaired) electrons. The predicted molar refractivity (Wildman–Crippen MR) is 78.9 cm³/mol. The Hall–Kier alpha value is -0.790. The zero-order valence-corrected chi connectivity index (χ0v) is 12.7. The van der Waals surface area contributed by atoms with Gasteiger partial charge in [0.1, 0.15) is 5.84 Å². The summed E-state index contributed by atoms with van der Waals surface area (Å²) in [5, 5.41) is 3.52. The number of hydrogen-bond donors (Lipinski definition) is 1. The lowest BCUT2D eigenvalue weighted by atomic mass is 9.69. The van der Waals surface area contributed by atoms with Gasteiger partial charge in [-0.25, -0.2) is 0 Å². The number of nitrogens with one attached hydrogen (secondary N) is 1. The van der Waals surface area contributed by atoms with E-state index in [1.54, 1.807) is 11.3 Å². The van der Waals surface area contributed by atoms with Crippen molar-refractivity contribution in [2.75, 3.05) is 0 Å². The van der Waals surface area contributed by atoms with Crippen molar-refractivity contribution in [2.45, 2.75) is 59.4 Å². The van der Waals surface area contributed by atoms with E-state index in [1.807, 2.05) is 0 Å². The van der Waals surface area contributed by atoms with Gasteiger partial charge in [0.2, 0.25) is 0 Å². The second kappa shape index (κ2) is 3.65. The zero-order valence-electron chi connectivity index (χ0n) is 12.7. The van der Waals surface area contributed by atoms with E-state index < -0.39 is 0 Å². The van der Waals surface area contributed by atoms with E-state index in [0.717, 1.165) is 24.2 Å². The first-order valence-electron chi connectivity index (χ1n) is 8.04. The Kier molecular flexibility index (Phi) is 2.30. The van der Waals surface area contributed by atoms with Crippen LogP contribution in [0.5, 0.6) is 0 Å². The lowest BCUT2D eigenvalue weighted by Crippen LogP contribution is -2.46. The first-order valence-corrected chi connectivity index (χ1v) is 8.04. The van der Waals surface area contributed by atoms with E-state index in [-0.39, 0.29) is 0 Å². The van der Waals surface area contributed by atoms with Crippen molar-refractivity contribution in [1.29, 1.82) is 0 Å². The molecule has 19 heavy (non-hydrogen) atoms. The van der Waals surface area contributed by atoms with Crippen LogP contribution in [-0.4, -0.2) is 11.9 Å². The largest absolute Gasteiger partial charge is 0.347 e. The Balaban J connectivity index is 1.84. The summed E-state index contributed by atoms with van der Waals surface area (Å²) in [7, 11) is 0. The minimum Gasteiger partial charge on any atom is -0.347 e. The van der Waals surface area contributed by atoms with Gasteiger partial charge in [-0.1, -0.05) is 27.7 Å². The van der Waals surface area contributed by atoms with Crippen LogP contribution >= 0.6 is 0 Å². The summed E-state index contributed by atoms with van der Waals surface area (Å²) in [4.78, 5) is 5.02. The number of fused-ring (bicyclic) bond motifs is 1. The Labute approximate surface area is 116 Å². The Morgan fingerprint density at radius 1 is 1.16 bits per heavy atom. The number of rotatable bonds is 0. The van der Waals surface area contributed by atoms with Crippen molar-refractivity contribution in [3.05, 3.63) is 11.3 Å². The normalized spacial score (nSPS) is 46.5. The molecule has 0 amide bonds. The number of hydrogen-bond acceptors (Lipinski definition) is 2. The van der Waals surface area contributed by atoms with E-state index in [2.05, 4.69) is 33.0 Å². The van der Waals surface area contributed by atoms with Gasteiger partial charge in [0.25, 0.3) is 0 Å². The number of dihydropyridines is 1. The maximum absolute atomic E-state index is 5.02. The Morgan fingerprint density at radius 3 is 2.63 bits per heavy atom. The van der Waals surface area contributed by atoms with Gasteiger partial charge in [-0.3, -0.25) is 4.99 Å². The van der Waals surface area contributed by atoms with Gasteiger partial charge >= 0.3 is 0 Å². The minimum atomic E-state index is 0.477. The highest BCUT2D eigenvalue weighted by Gasteiger charge is 2.52. The van der Waals surface area contributed by atoms with Crippen molar-refractivity contribution < 1.29 is 0 Å². The van der Waals surface area contributed by atoms with Crippen LogP contribution in [0.4, 0.5) is 0 Å². The predicted octanol–water partition coefficient (Wildman–Crippen LogP) is 3.74. The molecule has 1 N–H and O–H groups in total. The summed E-state index contributed by atoms with van der Waals surface area (Å²) < 4.78 is 0. The maximum Gasteiger partial charge on any atom is 0.107 e. The summed E-state index contributed by atoms with van der Waals surface area (Å²) in [5.74, 6) is 4.46. The molecule has 0 aromatic heterocycles. The van der Waals surface area contributed by atoms with E-state index in [0.29, 0.717) is 17.4 Å². The maximum atomic E-state index is 5.02. The lowest BCUT2D eigenvalue weighted by molar-refractivity contribution is 0.153. The van der Waals surface area contributed by atoms with Gasteiger partial charge in [0.15, 0.2) is 0 Å². The molecule has 3 fully saturated rings. The molecule has 2 nitrogen and oxygen atoms in total. The summed E-state index contributed by atoms with van der Waals surface area (Å²) >= 11 is 0. The molecule has 0 spiro atoms. The Morgan fingerprint density at radius 2 is 1.89 bits per heavy atom. The van der Waals surface area contributed by atoms with Gasteiger partial charge in [-0.2, -0.15) is 0 Å². The minimum absolute atomic E-state index is 0.477. The van der Waals surface area contributed by atoms with Gasteiger partial charge in [0.05, 0.1) is 6.04 Å². The van der Waals surface area contributed by atoms with Gasteiger partial charge in [-0.15, -0.1) is 0 Å². The van der Waals surface area contributed by atoms with Gasteiger partial charge < -0.3 is 5.32 Å². The van der Waals surface area contributed by atoms with E-state index in [9.17, 15) is 0 Å². The monoisotopic (exact) mass is 258 g/mol. The molecule has 3 heterocycles. The third kappa shape index (κ3) is 1.52. The molecule has 0 aromatic carbocycles. The first-order chi connectivity index (χ1) is 8.97. The van der Waals surface area contributed by atoms with Crippen LogP contribution in [0.25, 0.3) is 0 Å². The molecular formula is C17H26N2. The summed E-state index contributed by atoms with van der Waals surface area (Å²) in [6.07, 6.45) is 5.28. The van der Waals surface area contributed by atoms with Crippen LogP contribution in [-0.2, 0) is 0 Å². The third-order valence-electron chi connectivity index (χ3n) is 6.33. The van der Waals surface area contributed by atoms with Crippen LogP contribution in [0.2, 0.25) is 0 Å². The second-order valence-corrected chi connectivity index (χ2v) is 8.11. The highest BCUT2D eigenvalue weighted by molar-refractivity contribution is 5.95. The average molecular weight is 258 g/mol. The fourth-order valence-electron chi connectivity index (χ4n) is 5.51.